The fraction of sp³-hybridized carbons (Fsp3) is 0.519. The summed E-state index contributed by atoms with van der Waals surface area (Å²) in [6.07, 6.45) is 7.34. The Hall–Kier alpha value is -2.16. The summed E-state index contributed by atoms with van der Waals surface area (Å²) in [5.74, 6) is 1.16. The molecule has 3 heteroatoms. The van der Waals surface area contributed by atoms with Crippen LogP contribution in [0.15, 0.2) is 59.8 Å². The number of benzene rings is 1. The highest BCUT2D eigenvalue weighted by molar-refractivity contribution is 5.99. The molecule has 0 unspecified atom stereocenters. The highest BCUT2D eigenvalue weighted by Gasteiger charge is 2.15. The minimum Gasteiger partial charge on any atom is -0.344 e. The maximum Gasteiger partial charge on any atom is 0.125 e. The Balaban J connectivity index is 2.84. The molecule has 1 aromatic rings. The van der Waals surface area contributed by atoms with Gasteiger partial charge < -0.3 is 5.32 Å². The molecule has 0 aromatic heterocycles. The minimum absolute atomic E-state index is 0.353. The molecule has 0 amide bonds. The van der Waals surface area contributed by atoms with Crippen LogP contribution in [0.2, 0.25) is 0 Å². The standard InChI is InChI=1S/C27H41FN2/c1-9-20(3)17-24(10-2)22(5)30-26(29-8)18-21(4)25-15-11-13-23(19-25)14-12-16-27(6,7)28/h11,13,15,18-19,24H,3,5,9-10,12,14,16-17H2,1-2,4,6-8H3,(H,29,30)/b21-18+/t24-/m1/s1. The Morgan fingerprint density at radius 1 is 1.27 bits per heavy atom. The van der Waals surface area contributed by atoms with Gasteiger partial charge in [-0.25, -0.2) is 4.39 Å². The fourth-order valence-electron chi connectivity index (χ4n) is 3.40. The van der Waals surface area contributed by atoms with Crippen molar-refractivity contribution in [3.8, 4) is 0 Å². The second-order valence-electron chi connectivity index (χ2n) is 8.77. The van der Waals surface area contributed by atoms with Crippen LogP contribution in [0.3, 0.4) is 0 Å². The van der Waals surface area contributed by atoms with Gasteiger partial charge in [-0.15, -0.1) is 0 Å². The van der Waals surface area contributed by atoms with Gasteiger partial charge in [0.1, 0.15) is 11.5 Å². The number of rotatable bonds is 12. The zero-order chi connectivity index (χ0) is 22.7. The van der Waals surface area contributed by atoms with E-state index in [2.05, 4.69) is 74.6 Å². The molecular weight excluding hydrogens is 371 g/mol. The lowest BCUT2D eigenvalue weighted by atomic mass is 9.93. The van der Waals surface area contributed by atoms with Crippen LogP contribution in [0.4, 0.5) is 4.39 Å². The molecule has 0 aliphatic heterocycles. The van der Waals surface area contributed by atoms with Gasteiger partial charge >= 0.3 is 0 Å². The quantitative estimate of drug-likeness (QED) is 0.212. The first-order valence-corrected chi connectivity index (χ1v) is 11.1. The second kappa shape index (κ2) is 12.5. The normalized spacial score (nSPS) is 13.8. The van der Waals surface area contributed by atoms with Crippen LogP contribution in [0.5, 0.6) is 0 Å². The molecule has 1 atom stereocenters. The first kappa shape index (κ1) is 25.9. The Morgan fingerprint density at radius 2 is 1.97 bits per heavy atom. The zero-order valence-electron chi connectivity index (χ0n) is 19.9. The third-order valence-electron chi connectivity index (χ3n) is 5.52. The SMILES string of the molecule is C=C(CC)C[C@@H](CC)C(=C)NC(/C=C(\C)c1cccc(CCCC(C)(C)F)c1)=NC. The molecule has 2 nitrogen and oxygen atoms in total. The Kier molecular flexibility index (Phi) is 10.8. The van der Waals surface area contributed by atoms with Gasteiger partial charge in [-0.3, -0.25) is 4.99 Å². The van der Waals surface area contributed by atoms with E-state index >= 15 is 0 Å². The number of nitrogens with one attached hydrogen (secondary N) is 1. The summed E-state index contributed by atoms with van der Waals surface area (Å²) in [5, 5.41) is 3.41. The van der Waals surface area contributed by atoms with Crippen molar-refractivity contribution in [2.45, 2.75) is 78.8 Å². The molecule has 0 saturated carbocycles. The van der Waals surface area contributed by atoms with Crippen molar-refractivity contribution < 1.29 is 4.39 Å². The Labute approximate surface area is 184 Å². The average Bonchev–Trinajstić information content (AvgIpc) is 2.70. The lowest BCUT2D eigenvalue weighted by Gasteiger charge is -2.20. The molecule has 0 heterocycles. The van der Waals surface area contributed by atoms with Gasteiger partial charge in [0.05, 0.1) is 0 Å². The monoisotopic (exact) mass is 412 g/mol. The molecule has 0 aliphatic carbocycles. The molecule has 0 aliphatic rings. The highest BCUT2D eigenvalue weighted by Crippen LogP contribution is 2.23. The number of hydrogen-bond acceptors (Lipinski definition) is 1. The van der Waals surface area contributed by atoms with Gasteiger partial charge in [-0.05, 0) is 82.1 Å². The number of alkyl halides is 1. The van der Waals surface area contributed by atoms with Crippen LogP contribution < -0.4 is 5.32 Å². The van der Waals surface area contributed by atoms with Crippen molar-refractivity contribution in [1.82, 2.24) is 5.32 Å². The maximum absolute atomic E-state index is 13.7. The van der Waals surface area contributed by atoms with Gasteiger partial charge in [-0.2, -0.15) is 0 Å². The largest absolute Gasteiger partial charge is 0.344 e. The molecule has 0 bridgehead atoms. The first-order valence-electron chi connectivity index (χ1n) is 11.1. The first-order chi connectivity index (χ1) is 14.1. The second-order valence-corrected chi connectivity index (χ2v) is 8.77. The number of allylic oxidation sites excluding steroid dienone is 3. The van der Waals surface area contributed by atoms with E-state index in [4.69, 9.17) is 0 Å². The third kappa shape index (κ3) is 9.56. The number of amidine groups is 1. The molecule has 0 saturated heterocycles. The highest BCUT2D eigenvalue weighted by atomic mass is 19.1. The van der Waals surface area contributed by atoms with E-state index in [1.807, 2.05) is 0 Å². The summed E-state index contributed by atoms with van der Waals surface area (Å²) in [4.78, 5) is 4.41. The smallest absolute Gasteiger partial charge is 0.125 e. The van der Waals surface area contributed by atoms with Crippen molar-refractivity contribution in [3.63, 3.8) is 0 Å². The summed E-state index contributed by atoms with van der Waals surface area (Å²) in [6.45, 7) is 18.1. The number of aliphatic imine (C=N–C) groups is 1. The predicted molar refractivity (Wildman–Crippen MR) is 132 cm³/mol. The summed E-state index contributed by atoms with van der Waals surface area (Å²) < 4.78 is 13.7. The van der Waals surface area contributed by atoms with E-state index in [1.54, 1.807) is 20.9 Å². The lowest BCUT2D eigenvalue weighted by molar-refractivity contribution is 0.197. The molecule has 0 spiro atoms. The van der Waals surface area contributed by atoms with Gasteiger partial charge in [0.15, 0.2) is 0 Å². The van der Waals surface area contributed by atoms with Crippen molar-refractivity contribution >= 4 is 11.4 Å². The van der Waals surface area contributed by atoms with Crippen LogP contribution in [-0.4, -0.2) is 18.6 Å². The average molecular weight is 413 g/mol. The molecule has 1 N–H and O–H groups in total. The molecule has 1 rings (SSSR count). The third-order valence-corrected chi connectivity index (χ3v) is 5.52. The van der Waals surface area contributed by atoms with Crippen molar-refractivity contribution in [2.24, 2.45) is 10.9 Å². The molecule has 0 radical (unpaired) electrons. The number of aryl methyl sites for hydroxylation is 1. The maximum atomic E-state index is 13.7. The number of halogens is 1. The zero-order valence-corrected chi connectivity index (χ0v) is 19.9. The predicted octanol–water partition coefficient (Wildman–Crippen LogP) is 7.67. The van der Waals surface area contributed by atoms with Crippen LogP contribution in [0.25, 0.3) is 5.57 Å². The summed E-state index contributed by atoms with van der Waals surface area (Å²) in [5.41, 5.74) is 4.66. The van der Waals surface area contributed by atoms with E-state index in [1.165, 1.54) is 11.1 Å². The van der Waals surface area contributed by atoms with E-state index in [0.717, 1.165) is 54.8 Å². The van der Waals surface area contributed by atoms with Gasteiger partial charge in [0, 0.05) is 18.7 Å². The van der Waals surface area contributed by atoms with E-state index < -0.39 is 5.67 Å². The van der Waals surface area contributed by atoms with Gasteiger partial charge in [-0.1, -0.05) is 56.8 Å². The number of nitrogens with zero attached hydrogens (tertiary/aromatic N) is 1. The van der Waals surface area contributed by atoms with Crippen molar-refractivity contribution in [2.75, 3.05) is 7.05 Å². The van der Waals surface area contributed by atoms with Crippen molar-refractivity contribution in [1.29, 1.82) is 0 Å². The van der Waals surface area contributed by atoms with Crippen molar-refractivity contribution in [3.05, 3.63) is 65.9 Å². The van der Waals surface area contributed by atoms with Gasteiger partial charge in [0.2, 0.25) is 0 Å². The Bertz CT molecular complexity index is 765. The number of hydrogen-bond donors (Lipinski definition) is 1. The van der Waals surface area contributed by atoms with Gasteiger partial charge in [0.25, 0.3) is 0 Å². The van der Waals surface area contributed by atoms with Crippen LogP contribution >= 0.6 is 0 Å². The van der Waals surface area contributed by atoms with Crippen LogP contribution in [0.1, 0.15) is 77.8 Å². The summed E-state index contributed by atoms with van der Waals surface area (Å²) >= 11 is 0. The topological polar surface area (TPSA) is 24.4 Å². The fourth-order valence-corrected chi connectivity index (χ4v) is 3.40. The molecule has 1 aromatic carbocycles. The molecular formula is C27H41FN2. The lowest BCUT2D eigenvalue weighted by Crippen LogP contribution is -2.25. The molecule has 30 heavy (non-hydrogen) atoms. The molecule has 166 valence electrons. The van der Waals surface area contributed by atoms with E-state index in [9.17, 15) is 4.39 Å². The molecule has 0 fully saturated rings. The Morgan fingerprint density at radius 3 is 2.53 bits per heavy atom. The summed E-state index contributed by atoms with van der Waals surface area (Å²) in [7, 11) is 1.79. The van der Waals surface area contributed by atoms with E-state index in [0.29, 0.717) is 12.3 Å². The van der Waals surface area contributed by atoms with Crippen LogP contribution in [0, 0.1) is 5.92 Å². The minimum atomic E-state index is -1.10. The van der Waals surface area contributed by atoms with E-state index in [-0.39, 0.29) is 0 Å². The summed E-state index contributed by atoms with van der Waals surface area (Å²) in [6, 6.07) is 8.49. The van der Waals surface area contributed by atoms with Crippen LogP contribution in [-0.2, 0) is 6.42 Å².